The molecule has 0 radical (unpaired) electrons. The second-order valence-corrected chi connectivity index (χ2v) is 2.20. The maximum atomic E-state index is 12.4. The van der Waals surface area contributed by atoms with Gasteiger partial charge in [-0.25, -0.2) is 8.78 Å². The molecule has 0 saturated carbocycles. The van der Waals surface area contributed by atoms with Gasteiger partial charge in [0.1, 0.15) is 5.83 Å². The fraction of sp³-hybridized carbons (Fsp3) is 0.333. The van der Waals surface area contributed by atoms with Gasteiger partial charge in [-0.2, -0.15) is 0 Å². The number of rotatable bonds is 3. The Morgan fingerprint density at radius 3 is 2.18 bits per heavy atom. The van der Waals surface area contributed by atoms with Crippen molar-refractivity contribution in [2.24, 2.45) is 0 Å². The monoisotopic (exact) mass is 158 g/mol. The van der Waals surface area contributed by atoms with Crippen molar-refractivity contribution in [3.63, 3.8) is 0 Å². The summed E-state index contributed by atoms with van der Waals surface area (Å²) in [5, 5.41) is 0. The molecule has 0 nitrogen and oxygen atoms in total. The molecule has 2 heteroatoms. The lowest BCUT2D eigenvalue weighted by atomic mass is 10.2. The fourth-order valence-electron chi connectivity index (χ4n) is 0.616. The van der Waals surface area contributed by atoms with Crippen molar-refractivity contribution in [1.82, 2.24) is 0 Å². The van der Waals surface area contributed by atoms with Gasteiger partial charge in [-0.3, -0.25) is 0 Å². The van der Waals surface area contributed by atoms with Gasteiger partial charge in [0.15, 0.2) is 0 Å². The van der Waals surface area contributed by atoms with Gasteiger partial charge < -0.3 is 0 Å². The molecule has 0 aliphatic rings. The minimum absolute atomic E-state index is 0.336. The maximum absolute atomic E-state index is 12.4. The molecule has 0 fully saturated rings. The van der Waals surface area contributed by atoms with E-state index in [2.05, 4.69) is 6.58 Å². The Hall–Kier alpha value is -0.920. The van der Waals surface area contributed by atoms with Crippen LogP contribution in [0.2, 0.25) is 0 Å². The highest BCUT2D eigenvalue weighted by Crippen LogP contribution is 2.13. The molecule has 11 heavy (non-hydrogen) atoms. The molecule has 0 atom stereocenters. The van der Waals surface area contributed by atoms with E-state index in [0.717, 1.165) is 0 Å². The van der Waals surface area contributed by atoms with Crippen LogP contribution in [0.3, 0.4) is 0 Å². The summed E-state index contributed by atoms with van der Waals surface area (Å²) in [6.45, 7) is 6.22. The van der Waals surface area contributed by atoms with E-state index in [-0.39, 0.29) is 5.83 Å². The predicted octanol–water partition coefficient (Wildman–Crippen LogP) is 3.68. The Labute approximate surface area is 65.9 Å². The average molecular weight is 158 g/mol. The standard InChI is InChI=1S/C9H12F2/c1-4-9(8(3)11)6-5-7(2)10/h5-6H,3-4H2,1-2H3/b7-5+,9-6-. The van der Waals surface area contributed by atoms with Crippen LogP contribution >= 0.6 is 0 Å². The number of allylic oxidation sites excluding steroid dienone is 5. The van der Waals surface area contributed by atoms with Crippen LogP contribution in [0.15, 0.2) is 36.0 Å². The highest BCUT2D eigenvalue weighted by molar-refractivity contribution is 5.26. The molecule has 0 aromatic carbocycles. The number of halogens is 2. The van der Waals surface area contributed by atoms with E-state index >= 15 is 0 Å². The second kappa shape index (κ2) is 4.83. The van der Waals surface area contributed by atoms with Gasteiger partial charge in [-0.1, -0.05) is 19.6 Å². The van der Waals surface area contributed by atoms with Crippen molar-refractivity contribution in [3.8, 4) is 0 Å². The highest BCUT2D eigenvalue weighted by Gasteiger charge is 1.95. The molecular formula is C9H12F2. The van der Waals surface area contributed by atoms with Crippen LogP contribution < -0.4 is 0 Å². The van der Waals surface area contributed by atoms with Crippen LogP contribution in [0, 0.1) is 0 Å². The summed E-state index contributed by atoms with van der Waals surface area (Å²) in [6, 6.07) is 0. The summed E-state index contributed by atoms with van der Waals surface area (Å²) in [5.74, 6) is -0.831. The Balaban J connectivity index is 4.37. The Bertz CT molecular complexity index is 196. The molecule has 0 heterocycles. The Kier molecular flexibility index (Phi) is 4.42. The predicted molar refractivity (Wildman–Crippen MR) is 43.5 cm³/mol. The Morgan fingerprint density at radius 2 is 1.91 bits per heavy atom. The highest BCUT2D eigenvalue weighted by atomic mass is 19.1. The van der Waals surface area contributed by atoms with Crippen molar-refractivity contribution in [2.45, 2.75) is 20.3 Å². The van der Waals surface area contributed by atoms with E-state index in [0.29, 0.717) is 12.0 Å². The average Bonchev–Trinajstić information content (AvgIpc) is 1.87. The van der Waals surface area contributed by atoms with Crippen LogP contribution in [0.25, 0.3) is 0 Å². The topological polar surface area (TPSA) is 0 Å². The van der Waals surface area contributed by atoms with Crippen molar-refractivity contribution >= 4 is 0 Å². The van der Waals surface area contributed by atoms with E-state index in [1.165, 1.54) is 19.1 Å². The molecule has 0 spiro atoms. The molecule has 0 amide bonds. The number of hydrogen-bond donors (Lipinski definition) is 0. The lowest BCUT2D eigenvalue weighted by Crippen LogP contribution is -1.78. The van der Waals surface area contributed by atoms with Crippen molar-refractivity contribution in [2.75, 3.05) is 0 Å². The van der Waals surface area contributed by atoms with Crippen molar-refractivity contribution < 1.29 is 8.78 Å². The SMILES string of the molecule is C=C(F)/C(=C\C=C(/C)F)CC. The third kappa shape index (κ3) is 4.48. The smallest absolute Gasteiger partial charge is 0.119 e. The summed E-state index contributed by atoms with van der Waals surface area (Å²) >= 11 is 0. The summed E-state index contributed by atoms with van der Waals surface area (Å²) in [6.07, 6.45) is 3.15. The fourth-order valence-corrected chi connectivity index (χ4v) is 0.616. The third-order valence-electron chi connectivity index (χ3n) is 1.24. The van der Waals surface area contributed by atoms with Crippen LogP contribution in [0.5, 0.6) is 0 Å². The Morgan fingerprint density at radius 1 is 1.36 bits per heavy atom. The van der Waals surface area contributed by atoms with Crippen molar-refractivity contribution in [3.05, 3.63) is 36.0 Å². The molecule has 0 saturated heterocycles. The first-order chi connectivity index (χ1) is 5.07. The van der Waals surface area contributed by atoms with Gasteiger partial charge in [-0.05, 0) is 25.0 Å². The van der Waals surface area contributed by atoms with Crippen LogP contribution in [0.1, 0.15) is 20.3 Å². The largest absolute Gasteiger partial charge is 0.212 e. The van der Waals surface area contributed by atoms with Gasteiger partial charge in [0, 0.05) is 0 Å². The molecule has 0 rings (SSSR count). The molecule has 0 unspecified atom stereocenters. The first-order valence-electron chi connectivity index (χ1n) is 3.45. The molecule has 0 aliphatic carbocycles. The van der Waals surface area contributed by atoms with Crippen LogP contribution in [-0.4, -0.2) is 0 Å². The summed E-state index contributed by atoms with van der Waals surface area (Å²) in [7, 11) is 0. The summed E-state index contributed by atoms with van der Waals surface area (Å²) in [4.78, 5) is 0. The van der Waals surface area contributed by atoms with E-state index in [4.69, 9.17) is 0 Å². The van der Waals surface area contributed by atoms with E-state index in [9.17, 15) is 8.78 Å². The third-order valence-corrected chi connectivity index (χ3v) is 1.24. The van der Waals surface area contributed by atoms with Gasteiger partial charge in [0.2, 0.25) is 0 Å². The van der Waals surface area contributed by atoms with Gasteiger partial charge in [-0.15, -0.1) is 0 Å². The molecular weight excluding hydrogens is 146 g/mol. The zero-order valence-electron chi connectivity index (χ0n) is 6.82. The molecule has 0 aromatic heterocycles. The van der Waals surface area contributed by atoms with Gasteiger partial charge in [0.05, 0.1) is 5.83 Å². The molecule has 0 N–H and O–H groups in total. The normalized spacial score (nSPS) is 13.5. The molecule has 0 aliphatic heterocycles. The minimum atomic E-state index is -0.495. The van der Waals surface area contributed by atoms with Crippen LogP contribution in [-0.2, 0) is 0 Å². The maximum Gasteiger partial charge on any atom is 0.119 e. The number of hydrogen-bond acceptors (Lipinski definition) is 0. The van der Waals surface area contributed by atoms with Crippen LogP contribution in [0.4, 0.5) is 8.78 Å². The summed E-state index contributed by atoms with van der Waals surface area (Å²) in [5.41, 5.74) is 0.432. The zero-order chi connectivity index (χ0) is 8.85. The zero-order valence-corrected chi connectivity index (χ0v) is 6.82. The van der Waals surface area contributed by atoms with E-state index < -0.39 is 5.83 Å². The first kappa shape index (κ1) is 10.1. The molecule has 0 aromatic rings. The first-order valence-corrected chi connectivity index (χ1v) is 3.45. The summed E-state index contributed by atoms with van der Waals surface area (Å²) < 4.78 is 24.5. The molecule has 0 bridgehead atoms. The van der Waals surface area contributed by atoms with Gasteiger partial charge in [0.25, 0.3) is 0 Å². The minimum Gasteiger partial charge on any atom is -0.212 e. The quantitative estimate of drug-likeness (QED) is 0.549. The van der Waals surface area contributed by atoms with Gasteiger partial charge >= 0.3 is 0 Å². The lowest BCUT2D eigenvalue weighted by Gasteiger charge is -1.95. The second-order valence-electron chi connectivity index (χ2n) is 2.20. The van der Waals surface area contributed by atoms with E-state index in [1.807, 2.05) is 0 Å². The lowest BCUT2D eigenvalue weighted by molar-refractivity contribution is 0.637. The van der Waals surface area contributed by atoms with Crippen molar-refractivity contribution in [1.29, 1.82) is 0 Å². The molecule has 62 valence electrons. The van der Waals surface area contributed by atoms with E-state index in [1.54, 1.807) is 6.92 Å².